The van der Waals surface area contributed by atoms with Crippen LogP contribution in [-0.4, -0.2) is 50.1 Å². The number of pyridine rings is 3. The number of halogens is 5. The highest BCUT2D eigenvalue weighted by Gasteiger charge is 2.33. The van der Waals surface area contributed by atoms with Gasteiger partial charge in [0.25, 0.3) is 11.8 Å². The summed E-state index contributed by atoms with van der Waals surface area (Å²) < 4.78 is 46.6. The second-order valence-corrected chi connectivity index (χ2v) is 10.4. The minimum atomic E-state index is -4.95. The number of carbonyl (C=O) groups is 2. The summed E-state index contributed by atoms with van der Waals surface area (Å²) in [5.41, 5.74) is 2.43. The van der Waals surface area contributed by atoms with Crippen LogP contribution in [0, 0.1) is 6.92 Å². The number of fused-ring (bicyclic) bond motifs is 1. The van der Waals surface area contributed by atoms with E-state index in [2.05, 4.69) is 30.0 Å². The highest BCUT2D eigenvalue weighted by atomic mass is 35.5. The third-order valence-electron chi connectivity index (χ3n) is 5.85. The molecular weight excluding hydrogens is 608 g/mol. The largest absolute Gasteiger partial charge is 0.573 e. The van der Waals surface area contributed by atoms with Crippen LogP contribution in [-0.2, 0) is 13.1 Å². The van der Waals surface area contributed by atoms with Crippen molar-refractivity contribution in [3.05, 3.63) is 74.5 Å². The topological polar surface area (TPSA) is 119 Å². The summed E-state index contributed by atoms with van der Waals surface area (Å²) in [7, 11) is 1.48. The number of thiazole rings is 1. The summed E-state index contributed by atoms with van der Waals surface area (Å²) in [4.78, 5) is 44.8. The standard InChI is InChI=1S/C25H17Cl2F3N6O4S/c1-11-5-12(13-6-20(26)32-8-18(13)39-2)14(7-31-11)22(37)35-24-34-16-9-36(10-19(16)41-24)23(38)15-3-4-17(21(27)33-15)40-25(28,29)30/h3-8H,9-10H2,1-2H3,(H,34,35,37). The minimum Gasteiger partial charge on any atom is -0.494 e. The second-order valence-electron chi connectivity index (χ2n) is 8.62. The number of hydrogen-bond acceptors (Lipinski definition) is 9. The molecule has 1 aliphatic heterocycles. The molecule has 4 aromatic heterocycles. The molecule has 2 amide bonds. The number of rotatable bonds is 6. The summed E-state index contributed by atoms with van der Waals surface area (Å²) in [5, 5.41) is 2.72. The lowest BCUT2D eigenvalue weighted by Crippen LogP contribution is -2.26. The number of aromatic nitrogens is 4. The number of amides is 2. The van der Waals surface area contributed by atoms with E-state index in [-0.39, 0.29) is 29.5 Å². The maximum Gasteiger partial charge on any atom is 0.573 e. The predicted octanol–water partition coefficient (Wildman–Crippen LogP) is 5.93. The van der Waals surface area contributed by atoms with Gasteiger partial charge in [0, 0.05) is 23.0 Å². The van der Waals surface area contributed by atoms with Crippen molar-refractivity contribution < 1.29 is 32.2 Å². The number of methoxy groups -OCH3 is 1. The van der Waals surface area contributed by atoms with E-state index < -0.39 is 29.1 Å². The van der Waals surface area contributed by atoms with Gasteiger partial charge in [-0.15, -0.1) is 13.2 Å². The molecule has 0 aromatic carbocycles. The van der Waals surface area contributed by atoms with Crippen molar-refractivity contribution >= 4 is 51.5 Å². The molecule has 0 atom stereocenters. The van der Waals surface area contributed by atoms with Gasteiger partial charge in [-0.05, 0) is 31.2 Å². The zero-order valence-electron chi connectivity index (χ0n) is 21.0. The molecule has 0 aliphatic carbocycles. The van der Waals surface area contributed by atoms with Gasteiger partial charge in [0.15, 0.2) is 16.0 Å². The lowest BCUT2D eigenvalue weighted by Gasteiger charge is -2.16. The van der Waals surface area contributed by atoms with E-state index in [1.54, 1.807) is 19.1 Å². The van der Waals surface area contributed by atoms with Crippen LogP contribution in [0.4, 0.5) is 18.3 Å². The van der Waals surface area contributed by atoms with Crippen molar-refractivity contribution in [2.75, 3.05) is 12.4 Å². The van der Waals surface area contributed by atoms with Crippen LogP contribution in [0.2, 0.25) is 10.3 Å². The first-order chi connectivity index (χ1) is 19.4. The first-order valence-electron chi connectivity index (χ1n) is 11.6. The van der Waals surface area contributed by atoms with E-state index in [0.717, 1.165) is 17.0 Å². The number of alkyl halides is 3. The lowest BCUT2D eigenvalue weighted by molar-refractivity contribution is -0.274. The average Bonchev–Trinajstić information content (AvgIpc) is 3.47. The monoisotopic (exact) mass is 624 g/mol. The van der Waals surface area contributed by atoms with Gasteiger partial charge < -0.3 is 14.4 Å². The molecule has 212 valence electrons. The van der Waals surface area contributed by atoms with E-state index in [4.69, 9.17) is 27.9 Å². The molecule has 1 aliphatic rings. The fourth-order valence-electron chi connectivity index (χ4n) is 4.06. The van der Waals surface area contributed by atoms with Crippen molar-refractivity contribution in [2.45, 2.75) is 26.4 Å². The Hall–Kier alpha value is -4.01. The molecule has 16 heteroatoms. The quantitative estimate of drug-likeness (QED) is 0.262. The van der Waals surface area contributed by atoms with Crippen molar-refractivity contribution in [1.82, 2.24) is 24.8 Å². The third-order valence-corrected chi connectivity index (χ3v) is 7.33. The molecule has 1 N–H and O–H groups in total. The number of ether oxygens (including phenoxy) is 2. The van der Waals surface area contributed by atoms with Gasteiger partial charge >= 0.3 is 6.36 Å². The molecule has 0 saturated heterocycles. The fraction of sp³-hybridized carbons (Fsp3) is 0.200. The normalized spacial score (nSPS) is 12.7. The van der Waals surface area contributed by atoms with Gasteiger partial charge in [-0.2, -0.15) is 0 Å². The zero-order chi connectivity index (χ0) is 29.5. The smallest absolute Gasteiger partial charge is 0.494 e. The van der Waals surface area contributed by atoms with E-state index >= 15 is 0 Å². The lowest BCUT2D eigenvalue weighted by atomic mass is 10.0. The molecular formula is C25H17Cl2F3N6O4S. The van der Waals surface area contributed by atoms with Crippen LogP contribution in [0.1, 0.15) is 37.1 Å². The Morgan fingerprint density at radius 3 is 2.51 bits per heavy atom. The van der Waals surface area contributed by atoms with Gasteiger partial charge in [-0.1, -0.05) is 34.5 Å². The maximum atomic E-state index is 13.3. The molecule has 41 heavy (non-hydrogen) atoms. The van der Waals surface area contributed by atoms with E-state index in [1.165, 1.54) is 35.7 Å². The highest BCUT2D eigenvalue weighted by Crippen LogP contribution is 2.36. The minimum absolute atomic E-state index is 0.102. The molecule has 0 radical (unpaired) electrons. The molecule has 0 unspecified atom stereocenters. The Balaban J connectivity index is 1.31. The Morgan fingerprint density at radius 1 is 1.05 bits per heavy atom. The van der Waals surface area contributed by atoms with Gasteiger partial charge in [-0.3, -0.25) is 19.9 Å². The van der Waals surface area contributed by atoms with Gasteiger partial charge in [0.05, 0.1) is 42.5 Å². The van der Waals surface area contributed by atoms with E-state index in [1.807, 2.05) is 0 Å². The number of aryl methyl sites for hydroxylation is 1. The van der Waals surface area contributed by atoms with Crippen LogP contribution in [0.15, 0.2) is 36.7 Å². The number of hydrogen-bond donors (Lipinski definition) is 1. The Morgan fingerprint density at radius 2 is 1.83 bits per heavy atom. The SMILES string of the molecule is COc1cnc(Cl)cc1-c1cc(C)ncc1C(=O)Nc1nc2c(s1)CN(C(=O)c1ccc(OC(F)(F)F)c(Cl)n1)C2. The molecule has 10 nitrogen and oxygen atoms in total. The molecule has 5 rings (SSSR count). The third kappa shape index (κ3) is 6.19. The van der Waals surface area contributed by atoms with E-state index in [0.29, 0.717) is 33.4 Å². The van der Waals surface area contributed by atoms with E-state index in [9.17, 15) is 22.8 Å². The number of nitrogens with zero attached hydrogens (tertiary/aromatic N) is 5. The van der Waals surface area contributed by atoms with Gasteiger partial charge in [0.1, 0.15) is 16.6 Å². The summed E-state index contributed by atoms with van der Waals surface area (Å²) >= 11 is 13.1. The van der Waals surface area contributed by atoms with Crippen LogP contribution < -0.4 is 14.8 Å². The molecule has 5 heterocycles. The Kier molecular flexibility index (Phi) is 7.72. The average molecular weight is 625 g/mol. The number of anilines is 1. The van der Waals surface area contributed by atoms with Crippen molar-refractivity contribution in [3.8, 4) is 22.6 Å². The highest BCUT2D eigenvalue weighted by molar-refractivity contribution is 7.16. The molecule has 0 spiro atoms. The zero-order valence-corrected chi connectivity index (χ0v) is 23.4. The molecule has 0 saturated carbocycles. The fourth-order valence-corrected chi connectivity index (χ4v) is 5.39. The Bertz CT molecular complexity index is 1660. The van der Waals surface area contributed by atoms with Crippen molar-refractivity contribution in [2.24, 2.45) is 0 Å². The second kappa shape index (κ2) is 11.1. The van der Waals surface area contributed by atoms with Crippen molar-refractivity contribution in [3.63, 3.8) is 0 Å². The first-order valence-corrected chi connectivity index (χ1v) is 13.2. The number of nitrogens with one attached hydrogen (secondary N) is 1. The van der Waals surface area contributed by atoms with Gasteiger partial charge in [0.2, 0.25) is 0 Å². The summed E-state index contributed by atoms with van der Waals surface area (Å²) in [6.07, 6.45) is -2.05. The molecule has 4 aromatic rings. The maximum absolute atomic E-state index is 13.3. The van der Waals surface area contributed by atoms with Crippen LogP contribution >= 0.6 is 34.5 Å². The number of carbonyl (C=O) groups excluding carboxylic acids is 2. The van der Waals surface area contributed by atoms with Crippen LogP contribution in [0.25, 0.3) is 11.1 Å². The summed E-state index contributed by atoms with van der Waals surface area (Å²) in [6, 6.07) is 5.35. The van der Waals surface area contributed by atoms with Crippen LogP contribution in [0.3, 0.4) is 0 Å². The summed E-state index contributed by atoms with van der Waals surface area (Å²) in [5.74, 6) is -1.31. The van der Waals surface area contributed by atoms with Crippen molar-refractivity contribution in [1.29, 1.82) is 0 Å². The first kappa shape index (κ1) is 28.5. The summed E-state index contributed by atoms with van der Waals surface area (Å²) in [6.45, 7) is 2.05. The van der Waals surface area contributed by atoms with Gasteiger partial charge in [-0.25, -0.2) is 15.0 Å². The molecule has 0 bridgehead atoms. The predicted molar refractivity (Wildman–Crippen MR) is 143 cm³/mol. The Labute approximate surface area is 244 Å². The molecule has 0 fully saturated rings. The van der Waals surface area contributed by atoms with Crippen LogP contribution in [0.5, 0.6) is 11.5 Å².